The average Bonchev–Trinajstić information content (AvgIpc) is 2.76. The first-order valence-corrected chi connectivity index (χ1v) is 7.43. The van der Waals surface area contributed by atoms with Crippen LogP contribution < -0.4 is 10.6 Å². The molecule has 1 aromatic carbocycles. The summed E-state index contributed by atoms with van der Waals surface area (Å²) in [5.41, 5.74) is 2.07. The predicted molar refractivity (Wildman–Crippen MR) is 79.6 cm³/mol. The summed E-state index contributed by atoms with van der Waals surface area (Å²) in [4.78, 5) is 23.2. The number of aliphatic hydroxyl groups excluding tert-OH is 1. The molecule has 0 bridgehead atoms. The number of amides is 2. The first kappa shape index (κ1) is 15.5. The second-order valence-corrected chi connectivity index (χ2v) is 5.32. The van der Waals surface area contributed by atoms with Gasteiger partial charge in [-0.2, -0.15) is 0 Å². The third-order valence-electron chi connectivity index (χ3n) is 3.70. The van der Waals surface area contributed by atoms with Crippen LogP contribution in [0.5, 0.6) is 0 Å². The van der Waals surface area contributed by atoms with Crippen LogP contribution in [0.3, 0.4) is 0 Å². The van der Waals surface area contributed by atoms with Crippen LogP contribution >= 0.6 is 0 Å². The summed E-state index contributed by atoms with van der Waals surface area (Å²) in [6.45, 7) is 2.47. The lowest BCUT2D eigenvalue weighted by Gasteiger charge is -2.17. The standard InChI is InChI=1S/C16H22N2O3/c1-2-17-14(20)8-5-9-15(21)18-16-12-7-4-3-6-11(12)10-13(16)19/h3-4,6-7,13,16,19H,2,5,8-10H2,1H3,(H,17,20)(H,18,21). The van der Waals surface area contributed by atoms with Crippen LogP contribution in [0.2, 0.25) is 0 Å². The number of hydrogen-bond acceptors (Lipinski definition) is 3. The molecule has 2 unspecified atom stereocenters. The van der Waals surface area contributed by atoms with Crippen molar-refractivity contribution in [3.8, 4) is 0 Å². The number of carbonyl (C=O) groups excluding carboxylic acids is 2. The SMILES string of the molecule is CCNC(=O)CCCC(=O)NC1c2ccccc2CC1O. The molecule has 1 aliphatic carbocycles. The van der Waals surface area contributed by atoms with Gasteiger partial charge in [0.25, 0.3) is 0 Å². The van der Waals surface area contributed by atoms with Gasteiger partial charge in [-0.15, -0.1) is 0 Å². The van der Waals surface area contributed by atoms with Crippen molar-refractivity contribution in [2.24, 2.45) is 0 Å². The highest BCUT2D eigenvalue weighted by molar-refractivity contribution is 5.79. The van der Waals surface area contributed by atoms with Crippen LogP contribution in [0.25, 0.3) is 0 Å². The number of rotatable bonds is 6. The van der Waals surface area contributed by atoms with Gasteiger partial charge in [-0.3, -0.25) is 9.59 Å². The number of nitrogens with one attached hydrogen (secondary N) is 2. The highest BCUT2D eigenvalue weighted by Gasteiger charge is 2.31. The molecule has 0 heterocycles. The minimum atomic E-state index is -0.574. The fourth-order valence-corrected chi connectivity index (χ4v) is 2.69. The number of fused-ring (bicyclic) bond motifs is 1. The molecule has 0 aromatic heterocycles. The van der Waals surface area contributed by atoms with Gasteiger partial charge < -0.3 is 15.7 Å². The van der Waals surface area contributed by atoms with Crippen LogP contribution in [0.1, 0.15) is 43.4 Å². The zero-order chi connectivity index (χ0) is 15.2. The molecule has 2 amide bonds. The van der Waals surface area contributed by atoms with E-state index in [-0.39, 0.29) is 17.9 Å². The quantitative estimate of drug-likeness (QED) is 0.733. The van der Waals surface area contributed by atoms with Gasteiger partial charge in [0.1, 0.15) is 0 Å². The second-order valence-electron chi connectivity index (χ2n) is 5.32. The normalized spacial score (nSPS) is 19.9. The van der Waals surface area contributed by atoms with E-state index in [0.717, 1.165) is 11.1 Å². The van der Waals surface area contributed by atoms with Crippen LogP contribution in [-0.4, -0.2) is 29.6 Å². The van der Waals surface area contributed by atoms with Gasteiger partial charge >= 0.3 is 0 Å². The molecule has 0 spiro atoms. The van der Waals surface area contributed by atoms with Crippen LogP contribution in [0, 0.1) is 0 Å². The van der Waals surface area contributed by atoms with Crippen molar-refractivity contribution < 1.29 is 14.7 Å². The van der Waals surface area contributed by atoms with E-state index in [0.29, 0.717) is 32.2 Å². The van der Waals surface area contributed by atoms with Crippen molar-refractivity contribution in [3.05, 3.63) is 35.4 Å². The first-order chi connectivity index (χ1) is 10.1. The van der Waals surface area contributed by atoms with Crippen molar-refractivity contribution in [3.63, 3.8) is 0 Å². The summed E-state index contributed by atoms with van der Waals surface area (Å²) in [6, 6.07) is 7.41. The molecule has 1 aliphatic rings. The molecule has 0 fully saturated rings. The van der Waals surface area contributed by atoms with Gasteiger partial charge in [0.15, 0.2) is 0 Å². The Bertz CT molecular complexity index is 516. The lowest BCUT2D eigenvalue weighted by Crippen LogP contribution is -2.33. The highest BCUT2D eigenvalue weighted by Crippen LogP contribution is 2.31. The highest BCUT2D eigenvalue weighted by atomic mass is 16.3. The topological polar surface area (TPSA) is 78.4 Å². The lowest BCUT2D eigenvalue weighted by atomic mass is 10.1. The third kappa shape index (κ3) is 4.04. The van der Waals surface area contributed by atoms with Gasteiger partial charge in [-0.25, -0.2) is 0 Å². The molecule has 2 atom stereocenters. The molecule has 0 radical (unpaired) electrons. The van der Waals surface area contributed by atoms with Crippen molar-refractivity contribution >= 4 is 11.8 Å². The van der Waals surface area contributed by atoms with E-state index in [1.807, 2.05) is 31.2 Å². The average molecular weight is 290 g/mol. The number of hydrogen-bond donors (Lipinski definition) is 3. The molecule has 0 aliphatic heterocycles. The van der Waals surface area contributed by atoms with Crippen molar-refractivity contribution in [1.29, 1.82) is 0 Å². The van der Waals surface area contributed by atoms with E-state index in [1.165, 1.54) is 0 Å². The summed E-state index contributed by atoms with van der Waals surface area (Å²) in [5.74, 6) is -0.156. The Morgan fingerprint density at radius 1 is 1.24 bits per heavy atom. The number of benzene rings is 1. The molecule has 5 nitrogen and oxygen atoms in total. The van der Waals surface area contributed by atoms with Gasteiger partial charge in [0.2, 0.25) is 11.8 Å². The van der Waals surface area contributed by atoms with E-state index in [4.69, 9.17) is 0 Å². The zero-order valence-electron chi connectivity index (χ0n) is 12.3. The summed E-state index contributed by atoms with van der Waals surface area (Å²) >= 11 is 0. The van der Waals surface area contributed by atoms with Crippen molar-refractivity contribution in [2.45, 2.75) is 44.8 Å². The molecule has 0 saturated heterocycles. The van der Waals surface area contributed by atoms with E-state index < -0.39 is 6.10 Å². The van der Waals surface area contributed by atoms with Crippen LogP contribution in [-0.2, 0) is 16.0 Å². The Kier molecular flexibility index (Phi) is 5.33. The van der Waals surface area contributed by atoms with E-state index >= 15 is 0 Å². The predicted octanol–water partition coefficient (Wildman–Crippen LogP) is 1.07. The molecular weight excluding hydrogens is 268 g/mol. The van der Waals surface area contributed by atoms with Gasteiger partial charge in [0.05, 0.1) is 12.1 Å². The molecule has 5 heteroatoms. The van der Waals surface area contributed by atoms with Gasteiger partial charge in [0, 0.05) is 25.8 Å². The maximum Gasteiger partial charge on any atom is 0.220 e. The minimum Gasteiger partial charge on any atom is -0.390 e. The molecule has 0 saturated carbocycles. The Balaban J connectivity index is 1.82. The Hall–Kier alpha value is -1.88. The largest absolute Gasteiger partial charge is 0.390 e. The summed E-state index contributed by atoms with van der Waals surface area (Å²) in [5, 5.41) is 15.6. The van der Waals surface area contributed by atoms with E-state index in [1.54, 1.807) is 0 Å². The summed E-state index contributed by atoms with van der Waals surface area (Å²) in [6.07, 6.45) is 1.16. The first-order valence-electron chi connectivity index (χ1n) is 7.43. The van der Waals surface area contributed by atoms with Gasteiger partial charge in [-0.05, 0) is 24.5 Å². The third-order valence-corrected chi connectivity index (χ3v) is 3.70. The van der Waals surface area contributed by atoms with Crippen molar-refractivity contribution in [2.75, 3.05) is 6.54 Å². The molecule has 2 rings (SSSR count). The van der Waals surface area contributed by atoms with Crippen LogP contribution in [0.15, 0.2) is 24.3 Å². The van der Waals surface area contributed by atoms with Gasteiger partial charge in [-0.1, -0.05) is 24.3 Å². The molecule has 21 heavy (non-hydrogen) atoms. The zero-order valence-corrected chi connectivity index (χ0v) is 12.3. The molecule has 3 N–H and O–H groups in total. The van der Waals surface area contributed by atoms with E-state index in [2.05, 4.69) is 10.6 Å². The Morgan fingerprint density at radius 3 is 2.71 bits per heavy atom. The molecular formula is C16H22N2O3. The Morgan fingerprint density at radius 2 is 1.95 bits per heavy atom. The minimum absolute atomic E-state index is 0.0310. The number of aliphatic hydroxyl groups is 1. The fourth-order valence-electron chi connectivity index (χ4n) is 2.69. The van der Waals surface area contributed by atoms with Crippen molar-refractivity contribution in [1.82, 2.24) is 10.6 Å². The second kappa shape index (κ2) is 7.22. The maximum atomic E-state index is 11.9. The van der Waals surface area contributed by atoms with E-state index in [9.17, 15) is 14.7 Å². The summed E-state index contributed by atoms with van der Waals surface area (Å²) in [7, 11) is 0. The Labute approximate surface area is 124 Å². The monoisotopic (exact) mass is 290 g/mol. The lowest BCUT2D eigenvalue weighted by molar-refractivity contribution is -0.123. The maximum absolute atomic E-state index is 11.9. The van der Waals surface area contributed by atoms with Crippen LogP contribution in [0.4, 0.5) is 0 Å². The smallest absolute Gasteiger partial charge is 0.220 e. The molecule has 1 aromatic rings. The number of carbonyl (C=O) groups is 2. The fraction of sp³-hybridized carbons (Fsp3) is 0.500. The molecule has 114 valence electrons. The summed E-state index contributed by atoms with van der Waals surface area (Å²) < 4.78 is 0.